The van der Waals surface area contributed by atoms with Crippen molar-refractivity contribution in [2.45, 2.75) is 17.7 Å². The molecule has 2 aliphatic rings. The Morgan fingerprint density at radius 2 is 1.78 bits per heavy atom. The molecule has 5 rings (SSSR count). The first-order chi connectivity index (χ1) is 17.9. The van der Waals surface area contributed by atoms with Crippen LogP contribution in [0, 0.1) is 0 Å². The lowest BCUT2D eigenvalue weighted by molar-refractivity contribution is 0.0696. The number of thioether (sulfide) groups is 1. The van der Waals surface area contributed by atoms with Gasteiger partial charge in [-0.15, -0.1) is 11.8 Å². The van der Waals surface area contributed by atoms with Crippen LogP contribution in [0.2, 0.25) is 10.0 Å². The van der Waals surface area contributed by atoms with E-state index in [1.54, 1.807) is 30.0 Å². The monoisotopic (exact) mass is 553 g/mol. The predicted molar refractivity (Wildman–Crippen MR) is 153 cm³/mol. The van der Waals surface area contributed by atoms with E-state index in [1.807, 2.05) is 18.2 Å². The van der Waals surface area contributed by atoms with Gasteiger partial charge in [0.05, 0.1) is 12.2 Å². The van der Waals surface area contributed by atoms with Crippen LogP contribution in [0.5, 0.6) is 0 Å². The van der Waals surface area contributed by atoms with Gasteiger partial charge in [0.1, 0.15) is 0 Å². The highest BCUT2D eigenvalue weighted by Gasteiger charge is 2.23. The van der Waals surface area contributed by atoms with Crippen LogP contribution in [0.15, 0.2) is 71.1 Å². The van der Waals surface area contributed by atoms with Gasteiger partial charge in [-0.3, -0.25) is 9.29 Å². The van der Waals surface area contributed by atoms with E-state index < -0.39 is 5.97 Å². The molecule has 0 atom stereocenters. The highest BCUT2D eigenvalue weighted by Crippen LogP contribution is 2.45. The smallest absolute Gasteiger partial charge is 0.335 e. The summed E-state index contributed by atoms with van der Waals surface area (Å²) in [5.74, 6) is -0.132. The number of hydrogen-bond acceptors (Lipinski definition) is 3. The van der Waals surface area contributed by atoms with Gasteiger partial charge in [0.15, 0.2) is 0 Å². The summed E-state index contributed by atoms with van der Waals surface area (Å²) in [6.45, 7) is 2.32. The zero-order valence-corrected chi connectivity index (χ0v) is 22.5. The number of carbonyl (C=O) groups is 1. The summed E-state index contributed by atoms with van der Waals surface area (Å²) in [6.07, 6.45) is 3.57. The molecule has 0 unspecified atom stereocenters. The van der Waals surface area contributed by atoms with Crippen LogP contribution in [0.3, 0.4) is 0 Å². The maximum Gasteiger partial charge on any atom is 0.335 e. The summed E-state index contributed by atoms with van der Waals surface area (Å²) < 4.78 is 12.4. The molecule has 0 aliphatic carbocycles. The highest BCUT2D eigenvalue weighted by atomic mass is 35.5. The molecular weight excluding hydrogens is 528 g/mol. The lowest BCUT2D eigenvalue weighted by atomic mass is 9.87. The Labute approximate surface area is 230 Å². The fourth-order valence-electron chi connectivity index (χ4n) is 4.91. The number of carboxylic acids is 1. The Kier molecular flexibility index (Phi) is 8.06. The van der Waals surface area contributed by atoms with Crippen LogP contribution < -0.4 is 0 Å². The predicted octanol–water partition coefficient (Wildman–Crippen LogP) is 8.21. The molecule has 0 spiro atoms. The number of hydrogen-bond donors (Lipinski definition) is 1. The standard InChI is InChI=1S/C30H26Cl2FNO2S/c31-23-7-9-24(27(32)16-23)25-10-13-37-28-15-22(30(35)36)6-8-26(28)29(25)21-4-2-19(3-5-21)14-20-17-34(18-20)12-1-11-33/h2-9,14-16H,1,10-13,17-18H2,(H,35,36). The molecule has 2 aliphatic heterocycles. The number of fused-ring (bicyclic) bond motifs is 1. The molecule has 7 heteroatoms. The molecule has 0 aromatic heterocycles. The van der Waals surface area contributed by atoms with Gasteiger partial charge in [0, 0.05) is 40.3 Å². The summed E-state index contributed by atoms with van der Waals surface area (Å²) in [5.41, 5.74) is 7.91. The summed E-state index contributed by atoms with van der Waals surface area (Å²) in [4.78, 5) is 14.8. The molecule has 0 radical (unpaired) electrons. The van der Waals surface area contributed by atoms with Crippen molar-refractivity contribution < 1.29 is 14.3 Å². The molecule has 0 amide bonds. The van der Waals surface area contributed by atoms with Crippen molar-refractivity contribution in [1.82, 2.24) is 4.90 Å². The van der Waals surface area contributed by atoms with Crippen molar-refractivity contribution in [2.24, 2.45) is 0 Å². The molecule has 3 aromatic carbocycles. The molecule has 3 aromatic rings. The van der Waals surface area contributed by atoms with E-state index in [4.69, 9.17) is 23.2 Å². The van der Waals surface area contributed by atoms with Crippen molar-refractivity contribution in [3.8, 4) is 0 Å². The van der Waals surface area contributed by atoms with Gasteiger partial charge < -0.3 is 5.11 Å². The fourth-order valence-corrected chi connectivity index (χ4v) is 6.49. The molecule has 1 N–H and O–H groups in total. The summed E-state index contributed by atoms with van der Waals surface area (Å²) in [5, 5.41) is 10.7. The Morgan fingerprint density at radius 1 is 1.03 bits per heavy atom. The van der Waals surface area contributed by atoms with E-state index in [1.165, 1.54) is 5.57 Å². The number of benzene rings is 3. The molecule has 3 nitrogen and oxygen atoms in total. The first-order valence-electron chi connectivity index (χ1n) is 12.2. The van der Waals surface area contributed by atoms with Gasteiger partial charge in [0.25, 0.3) is 0 Å². The fraction of sp³-hybridized carbons (Fsp3) is 0.233. The van der Waals surface area contributed by atoms with E-state index in [9.17, 15) is 14.3 Å². The highest BCUT2D eigenvalue weighted by molar-refractivity contribution is 7.99. The minimum Gasteiger partial charge on any atom is -0.478 e. The van der Waals surface area contributed by atoms with Crippen LogP contribution in [0.1, 0.15) is 45.5 Å². The van der Waals surface area contributed by atoms with Gasteiger partial charge in [0.2, 0.25) is 0 Å². The number of allylic oxidation sites excluding steroid dienone is 1. The number of halogens is 3. The molecule has 0 bridgehead atoms. The zero-order chi connectivity index (χ0) is 25.9. The van der Waals surface area contributed by atoms with Crippen LogP contribution in [-0.4, -0.2) is 48.0 Å². The Morgan fingerprint density at radius 3 is 2.49 bits per heavy atom. The maximum atomic E-state index is 12.4. The number of rotatable bonds is 7. The van der Waals surface area contributed by atoms with Crippen LogP contribution in [0.25, 0.3) is 17.2 Å². The lowest BCUT2D eigenvalue weighted by Crippen LogP contribution is -2.40. The van der Waals surface area contributed by atoms with Gasteiger partial charge in [-0.25, -0.2) is 4.79 Å². The molecule has 190 valence electrons. The number of alkyl halides is 1. The van der Waals surface area contributed by atoms with Crippen LogP contribution in [0.4, 0.5) is 4.39 Å². The van der Waals surface area contributed by atoms with Crippen LogP contribution in [-0.2, 0) is 0 Å². The van der Waals surface area contributed by atoms with Crippen molar-refractivity contribution >= 4 is 58.2 Å². The first-order valence-corrected chi connectivity index (χ1v) is 13.9. The van der Waals surface area contributed by atoms with Crippen molar-refractivity contribution in [3.05, 3.63) is 104 Å². The SMILES string of the molecule is O=C(O)c1ccc2c(c1)SCCC(c1ccc(Cl)cc1Cl)=C2c1ccc(C=C2CN(CCCF)C2)cc1. The summed E-state index contributed by atoms with van der Waals surface area (Å²) in [7, 11) is 0. The third-order valence-corrected chi connectivity index (χ3v) is 8.30. The number of nitrogens with zero attached hydrogens (tertiary/aromatic N) is 1. The Hall–Kier alpha value is -2.57. The Balaban J connectivity index is 1.55. The molecule has 1 saturated heterocycles. The third kappa shape index (κ3) is 5.80. The molecule has 37 heavy (non-hydrogen) atoms. The molecule has 2 heterocycles. The first kappa shape index (κ1) is 26.1. The van der Waals surface area contributed by atoms with Crippen LogP contribution >= 0.6 is 35.0 Å². The second-order valence-corrected chi connectivity index (χ2v) is 11.3. The van der Waals surface area contributed by atoms with E-state index in [2.05, 4.69) is 35.2 Å². The summed E-state index contributed by atoms with van der Waals surface area (Å²) in [6, 6.07) is 19.4. The normalized spacial score (nSPS) is 15.7. The topological polar surface area (TPSA) is 40.5 Å². The lowest BCUT2D eigenvalue weighted by Gasteiger charge is -2.33. The van der Waals surface area contributed by atoms with Crippen molar-refractivity contribution in [1.29, 1.82) is 0 Å². The van der Waals surface area contributed by atoms with Crippen molar-refractivity contribution in [3.63, 3.8) is 0 Å². The summed E-state index contributed by atoms with van der Waals surface area (Å²) >= 11 is 14.5. The minimum absolute atomic E-state index is 0.269. The minimum atomic E-state index is -0.934. The quantitative estimate of drug-likeness (QED) is 0.320. The molecule has 0 saturated carbocycles. The van der Waals surface area contributed by atoms with E-state index in [0.717, 1.165) is 70.1 Å². The van der Waals surface area contributed by atoms with E-state index in [0.29, 0.717) is 16.5 Å². The number of carboxylic acid groups (broad SMARTS) is 1. The molecule has 1 fully saturated rings. The number of likely N-dealkylation sites (tertiary alicyclic amines) is 1. The molecular formula is C30H26Cl2FNO2S. The van der Waals surface area contributed by atoms with E-state index >= 15 is 0 Å². The number of aromatic carboxylic acids is 1. The zero-order valence-electron chi connectivity index (χ0n) is 20.1. The second-order valence-electron chi connectivity index (χ2n) is 9.27. The van der Waals surface area contributed by atoms with Gasteiger partial charge in [-0.1, -0.05) is 65.7 Å². The third-order valence-electron chi connectivity index (χ3n) is 6.70. The van der Waals surface area contributed by atoms with Crippen molar-refractivity contribution in [2.75, 3.05) is 32.1 Å². The van der Waals surface area contributed by atoms with E-state index in [-0.39, 0.29) is 12.2 Å². The van der Waals surface area contributed by atoms with Gasteiger partial charge in [-0.05, 0) is 76.1 Å². The average molecular weight is 555 g/mol. The largest absolute Gasteiger partial charge is 0.478 e. The second kappa shape index (κ2) is 11.4. The average Bonchev–Trinajstić information content (AvgIpc) is 3.04. The maximum absolute atomic E-state index is 12.4. The van der Waals surface area contributed by atoms with Gasteiger partial charge in [-0.2, -0.15) is 0 Å². The van der Waals surface area contributed by atoms with Gasteiger partial charge >= 0.3 is 5.97 Å². The Bertz CT molecular complexity index is 1390.